The van der Waals surface area contributed by atoms with Crippen LogP contribution in [0.25, 0.3) is 0 Å². The summed E-state index contributed by atoms with van der Waals surface area (Å²) in [5.74, 6) is -4.93. The van der Waals surface area contributed by atoms with Crippen LogP contribution in [0.5, 0.6) is 5.75 Å². The number of hydrogen-bond acceptors (Lipinski definition) is 5. The number of likely N-dealkylation sites (N-methyl/N-ethyl adjacent to an activating group) is 1. The van der Waals surface area contributed by atoms with Crippen molar-refractivity contribution in [2.75, 3.05) is 25.5 Å². The number of hydrogen-bond donors (Lipinski definition) is 1. The van der Waals surface area contributed by atoms with Crippen LogP contribution in [0.3, 0.4) is 0 Å². The lowest BCUT2D eigenvalue weighted by Gasteiger charge is -2.24. The summed E-state index contributed by atoms with van der Waals surface area (Å²) < 4.78 is 54.3. The molecule has 2 aromatic carbocycles. The van der Waals surface area contributed by atoms with Crippen LogP contribution >= 0.6 is 0 Å². The molecule has 2 aromatic rings. The fourth-order valence-electron chi connectivity index (χ4n) is 3.62. The highest BCUT2D eigenvalue weighted by atomic mass is 19.4. The minimum absolute atomic E-state index is 0.0319. The molecule has 2 unspecified atom stereocenters. The summed E-state index contributed by atoms with van der Waals surface area (Å²) in [4.78, 5) is 40.1. The number of carbonyl (C=O) groups is 3. The van der Waals surface area contributed by atoms with Gasteiger partial charge in [-0.1, -0.05) is 18.2 Å². The quantitative estimate of drug-likeness (QED) is 0.624. The predicted molar refractivity (Wildman–Crippen MR) is 114 cm³/mol. The molecule has 1 N–H and O–H groups in total. The number of nitrogens with one attached hydrogen (secondary N) is 1. The molecular formula is C23H20F4N4O4. The van der Waals surface area contributed by atoms with Crippen LogP contribution < -0.4 is 10.1 Å². The van der Waals surface area contributed by atoms with Crippen molar-refractivity contribution in [3.05, 3.63) is 59.9 Å². The van der Waals surface area contributed by atoms with E-state index in [1.807, 2.05) is 6.07 Å². The standard InChI is InChI=1S/C23H20F4N4O4/c1-30(22(34)14-7-8-19(18(24)10-14)35-23(25,26)27)13-20(32)31-12-15(9-17(31)11-28)21(33)29-16-5-3-2-4-6-16/h2-8,10,15,17H,9,12-13H2,1H3,(H,29,33). The highest BCUT2D eigenvalue weighted by Crippen LogP contribution is 2.27. The normalized spacial score (nSPS) is 17.4. The number of ether oxygens (including phenoxy) is 1. The average Bonchev–Trinajstić information content (AvgIpc) is 3.24. The zero-order valence-electron chi connectivity index (χ0n) is 18.4. The second-order valence-corrected chi connectivity index (χ2v) is 7.83. The number of benzene rings is 2. The number of halogens is 4. The Labute approximate surface area is 197 Å². The Bertz CT molecular complexity index is 1150. The van der Waals surface area contributed by atoms with Crippen LogP contribution in [-0.4, -0.2) is 60.1 Å². The third kappa shape index (κ3) is 6.47. The zero-order chi connectivity index (χ0) is 25.8. The molecule has 0 spiro atoms. The molecule has 1 aliphatic heterocycles. The number of nitriles is 1. The number of rotatable bonds is 6. The van der Waals surface area contributed by atoms with Crippen molar-refractivity contribution in [2.24, 2.45) is 5.92 Å². The van der Waals surface area contributed by atoms with Crippen LogP contribution in [-0.2, 0) is 9.59 Å². The topological polar surface area (TPSA) is 103 Å². The van der Waals surface area contributed by atoms with Crippen LogP contribution in [0, 0.1) is 23.1 Å². The zero-order valence-corrected chi connectivity index (χ0v) is 18.4. The van der Waals surface area contributed by atoms with Crippen LogP contribution in [0.15, 0.2) is 48.5 Å². The number of carbonyl (C=O) groups excluding carboxylic acids is 3. The summed E-state index contributed by atoms with van der Waals surface area (Å²) >= 11 is 0. The van der Waals surface area contributed by atoms with Crippen LogP contribution in [0.1, 0.15) is 16.8 Å². The molecule has 0 radical (unpaired) electrons. The van der Waals surface area contributed by atoms with Gasteiger partial charge in [0.1, 0.15) is 6.04 Å². The number of amides is 3. The Balaban J connectivity index is 1.62. The van der Waals surface area contributed by atoms with Crippen LogP contribution in [0.2, 0.25) is 0 Å². The number of nitrogens with zero attached hydrogens (tertiary/aromatic N) is 3. The first kappa shape index (κ1) is 25.5. The van der Waals surface area contributed by atoms with Gasteiger partial charge in [-0.2, -0.15) is 5.26 Å². The second kappa shape index (κ2) is 10.4. The van der Waals surface area contributed by atoms with Gasteiger partial charge in [-0.3, -0.25) is 14.4 Å². The van der Waals surface area contributed by atoms with Gasteiger partial charge in [0.25, 0.3) is 5.91 Å². The molecule has 0 aliphatic carbocycles. The minimum atomic E-state index is -5.10. The van der Waals surface area contributed by atoms with E-state index < -0.39 is 48.2 Å². The Hall–Kier alpha value is -4.14. The first-order valence-corrected chi connectivity index (χ1v) is 10.3. The largest absolute Gasteiger partial charge is 0.573 e. The van der Waals surface area contributed by atoms with Crippen molar-refractivity contribution in [1.82, 2.24) is 9.80 Å². The summed E-state index contributed by atoms with van der Waals surface area (Å²) in [5, 5.41) is 12.2. The Morgan fingerprint density at radius 3 is 2.49 bits per heavy atom. The van der Waals surface area contributed by atoms with Gasteiger partial charge in [0.15, 0.2) is 11.6 Å². The summed E-state index contributed by atoms with van der Waals surface area (Å²) in [6.07, 6.45) is -4.98. The van der Waals surface area contributed by atoms with Gasteiger partial charge in [0.05, 0.1) is 18.5 Å². The Morgan fingerprint density at radius 2 is 1.89 bits per heavy atom. The maximum absolute atomic E-state index is 13.9. The van der Waals surface area contributed by atoms with E-state index in [1.54, 1.807) is 30.3 Å². The van der Waals surface area contributed by atoms with Crippen molar-refractivity contribution in [2.45, 2.75) is 18.8 Å². The molecule has 1 saturated heterocycles. The number of likely N-dealkylation sites (tertiary alicyclic amines) is 1. The molecule has 184 valence electrons. The van der Waals surface area contributed by atoms with E-state index in [1.165, 1.54) is 11.9 Å². The average molecular weight is 492 g/mol. The molecule has 8 nitrogen and oxygen atoms in total. The Morgan fingerprint density at radius 1 is 1.20 bits per heavy atom. The number of alkyl halides is 3. The molecule has 0 bridgehead atoms. The fourth-order valence-corrected chi connectivity index (χ4v) is 3.62. The third-order valence-electron chi connectivity index (χ3n) is 5.31. The molecule has 0 saturated carbocycles. The van der Waals surface area contributed by atoms with Gasteiger partial charge in [-0.05, 0) is 36.8 Å². The van der Waals surface area contributed by atoms with Gasteiger partial charge in [0.2, 0.25) is 11.8 Å². The molecular weight excluding hydrogens is 472 g/mol. The lowest BCUT2D eigenvalue weighted by atomic mass is 10.1. The van der Waals surface area contributed by atoms with Crippen LogP contribution in [0.4, 0.5) is 23.2 Å². The summed E-state index contributed by atoms with van der Waals surface area (Å²) in [6, 6.07) is 11.9. The molecule has 1 aliphatic rings. The van der Waals surface area contributed by atoms with Crippen molar-refractivity contribution in [3.63, 3.8) is 0 Å². The van der Waals surface area contributed by atoms with E-state index in [9.17, 15) is 37.2 Å². The SMILES string of the molecule is CN(CC(=O)N1CC(C(=O)Nc2ccccc2)CC1C#N)C(=O)c1ccc(OC(F)(F)F)c(F)c1. The first-order chi connectivity index (χ1) is 16.5. The molecule has 1 fully saturated rings. The number of anilines is 1. The van der Waals surface area contributed by atoms with Crippen molar-refractivity contribution >= 4 is 23.4 Å². The summed E-state index contributed by atoms with van der Waals surface area (Å²) in [7, 11) is 1.25. The van der Waals surface area contributed by atoms with E-state index >= 15 is 0 Å². The van der Waals surface area contributed by atoms with E-state index in [4.69, 9.17) is 0 Å². The van der Waals surface area contributed by atoms with E-state index in [-0.39, 0.29) is 24.4 Å². The summed E-state index contributed by atoms with van der Waals surface area (Å²) in [5.41, 5.74) is 0.269. The van der Waals surface area contributed by atoms with Crippen molar-refractivity contribution < 1.29 is 36.7 Å². The van der Waals surface area contributed by atoms with Gasteiger partial charge < -0.3 is 19.9 Å². The monoisotopic (exact) mass is 492 g/mol. The van der Waals surface area contributed by atoms with Crippen molar-refractivity contribution in [1.29, 1.82) is 5.26 Å². The first-order valence-electron chi connectivity index (χ1n) is 10.3. The maximum Gasteiger partial charge on any atom is 0.573 e. The van der Waals surface area contributed by atoms with E-state index in [0.717, 1.165) is 11.0 Å². The highest BCUT2D eigenvalue weighted by Gasteiger charge is 2.39. The van der Waals surface area contributed by atoms with Gasteiger partial charge in [-0.25, -0.2) is 4.39 Å². The second-order valence-electron chi connectivity index (χ2n) is 7.83. The fraction of sp³-hybridized carbons (Fsp3) is 0.304. The van der Waals surface area contributed by atoms with Gasteiger partial charge in [0, 0.05) is 24.8 Å². The van der Waals surface area contributed by atoms with Crippen molar-refractivity contribution in [3.8, 4) is 11.8 Å². The minimum Gasteiger partial charge on any atom is -0.403 e. The highest BCUT2D eigenvalue weighted by molar-refractivity contribution is 5.97. The lowest BCUT2D eigenvalue weighted by Crippen LogP contribution is -2.43. The molecule has 2 atom stereocenters. The third-order valence-corrected chi connectivity index (χ3v) is 5.31. The molecule has 3 rings (SSSR count). The Kier molecular flexibility index (Phi) is 7.58. The lowest BCUT2D eigenvalue weighted by molar-refractivity contribution is -0.275. The number of para-hydroxylation sites is 1. The molecule has 0 aromatic heterocycles. The smallest absolute Gasteiger partial charge is 0.403 e. The molecule has 12 heteroatoms. The van der Waals surface area contributed by atoms with Gasteiger partial charge >= 0.3 is 6.36 Å². The predicted octanol–water partition coefficient (Wildman–Crippen LogP) is 3.18. The summed E-state index contributed by atoms with van der Waals surface area (Å²) in [6.45, 7) is -0.525. The van der Waals surface area contributed by atoms with Gasteiger partial charge in [-0.15, -0.1) is 13.2 Å². The maximum atomic E-state index is 13.9. The van der Waals surface area contributed by atoms with E-state index in [2.05, 4.69) is 10.1 Å². The molecule has 1 heterocycles. The molecule has 35 heavy (non-hydrogen) atoms. The molecule has 3 amide bonds. The van der Waals surface area contributed by atoms with E-state index in [0.29, 0.717) is 17.8 Å².